The third-order valence-corrected chi connectivity index (χ3v) is 5.52. The molecule has 2 aliphatic rings. The van der Waals surface area contributed by atoms with E-state index in [2.05, 4.69) is 15.2 Å². The van der Waals surface area contributed by atoms with Crippen LogP contribution in [0.5, 0.6) is 0 Å². The van der Waals surface area contributed by atoms with Crippen LogP contribution in [0.4, 0.5) is 4.79 Å². The molecule has 0 saturated carbocycles. The summed E-state index contributed by atoms with van der Waals surface area (Å²) in [7, 11) is 3.56. The van der Waals surface area contributed by atoms with Crippen molar-refractivity contribution in [1.29, 1.82) is 0 Å². The van der Waals surface area contributed by atoms with Gasteiger partial charge in [0.1, 0.15) is 5.60 Å². The molecule has 8 nitrogen and oxygen atoms in total. The minimum atomic E-state index is -0.454. The summed E-state index contributed by atoms with van der Waals surface area (Å²) >= 11 is 0. The maximum absolute atomic E-state index is 12.4. The lowest BCUT2D eigenvalue weighted by molar-refractivity contribution is 0.00981. The van der Waals surface area contributed by atoms with Crippen molar-refractivity contribution in [2.24, 2.45) is 10.9 Å². The van der Waals surface area contributed by atoms with Crippen molar-refractivity contribution in [3.05, 3.63) is 0 Å². The van der Waals surface area contributed by atoms with Crippen molar-refractivity contribution in [3.8, 4) is 0 Å². The van der Waals surface area contributed by atoms with Gasteiger partial charge in [-0.05, 0) is 58.8 Å². The first-order valence-electron chi connectivity index (χ1n) is 11.4. The molecule has 31 heavy (non-hydrogen) atoms. The Hall–Kier alpha value is -0.810. The Morgan fingerprint density at radius 2 is 1.81 bits per heavy atom. The average molecular weight is 555 g/mol. The molecule has 0 spiro atoms. The Labute approximate surface area is 205 Å². The van der Waals surface area contributed by atoms with Crippen LogP contribution >= 0.6 is 24.0 Å². The molecule has 1 atom stereocenters. The van der Waals surface area contributed by atoms with E-state index >= 15 is 0 Å². The van der Waals surface area contributed by atoms with Gasteiger partial charge in [0.05, 0.1) is 6.10 Å². The summed E-state index contributed by atoms with van der Waals surface area (Å²) < 4.78 is 16.6. The zero-order chi connectivity index (χ0) is 22.0. The number of aliphatic imine (C=N–C) groups is 1. The molecule has 1 unspecified atom stereocenters. The van der Waals surface area contributed by atoms with E-state index in [0.29, 0.717) is 12.0 Å². The summed E-state index contributed by atoms with van der Waals surface area (Å²) in [6.45, 7) is 11.5. The Kier molecular flexibility index (Phi) is 13.1. The van der Waals surface area contributed by atoms with Gasteiger partial charge in [0, 0.05) is 60.1 Å². The van der Waals surface area contributed by atoms with Gasteiger partial charge in [-0.1, -0.05) is 0 Å². The van der Waals surface area contributed by atoms with Crippen molar-refractivity contribution >= 4 is 36.0 Å². The van der Waals surface area contributed by atoms with Crippen molar-refractivity contribution in [1.82, 2.24) is 15.1 Å². The van der Waals surface area contributed by atoms with Gasteiger partial charge >= 0.3 is 6.09 Å². The van der Waals surface area contributed by atoms with Gasteiger partial charge in [-0.2, -0.15) is 0 Å². The zero-order valence-electron chi connectivity index (χ0n) is 20.0. The fourth-order valence-electron chi connectivity index (χ4n) is 3.98. The minimum absolute atomic E-state index is 0. The van der Waals surface area contributed by atoms with E-state index in [-0.39, 0.29) is 30.1 Å². The number of hydrogen-bond acceptors (Lipinski definition) is 5. The van der Waals surface area contributed by atoms with Crippen LogP contribution in [0.2, 0.25) is 0 Å². The maximum Gasteiger partial charge on any atom is 0.410 e. The van der Waals surface area contributed by atoms with Crippen molar-refractivity contribution in [3.63, 3.8) is 0 Å². The van der Waals surface area contributed by atoms with Crippen molar-refractivity contribution in [2.75, 3.05) is 60.1 Å². The third kappa shape index (κ3) is 10.6. The minimum Gasteiger partial charge on any atom is -0.444 e. The Bertz CT molecular complexity index is 548. The van der Waals surface area contributed by atoms with Gasteiger partial charge in [-0.15, -0.1) is 24.0 Å². The van der Waals surface area contributed by atoms with E-state index < -0.39 is 5.60 Å². The summed E-state index contributed by atoms with van der Waals surface area (Å²) in [5, 5.41) is 3.53. The second-order valence-corrected chi connectivity index (χ2v) is 9.27. The van der Waals surface area contributed by atoms with Crippen LogP contribution in [0.15, 0.2) is 4.99 Å². The Balaban J connectivity index is 0.00000480. The largest absolute Gasteiger partial charge is 0.444 e. The van der Waals surface area contributed by atoms with Crippen LogP contribution in [0, 0.1) is 5.92 Å². The fraction of sp³-hybridized carbons (Fsp3) is 0.909. The smallest absolute Gasteiger partial charge is 0.410 e. The lowest BCUT2D eigenvalue weighted by Crippen LogP contribution is -2.50. The number of guanidine groups is 1. The van der Waals surface area contributed by atoms with E-state index in [4.69, 9.17) is 14.2 Å². The van der Waals surface area contributed by atoms with Gasteiger partial charge in [-0.3, -0.25) is 4.99 Å². The first-order valence-corrected chi connectivity index (χ1v) is 11.4. The molecule has 0 aromatic carbocycles. The highest BCUT2D eigenvalue weighted by molar-refractivity contribution is 14.0. The molecular formula is C22H43IN4O4. The first kappa shape index (κ1) is 28.2. The molecule has 1 amide bonds. The normalized spacial score (nSPS) is 20.9. The second kappa shape index (κ2) is 14.4. The second-order valence-electron chi connectivity index (χ2n) is 9.27. The molecule has 2 fully saturated rings. The molecule has 0 aromatic rings. The predicted octanol–water partition coefficient (Wildman–Crippen LogP) is 3.34. The lowest BCUT2D eigenvalue weighted by atomic mass is 9.98. The molecule has 0 aliphatic carbocycles. The van der Waals surface area contributed by atoms with Gasteiger partial charge in [0.15, 0.2) is 5.96 Å². The van der Waals surface area contributed by atoms with Crippen LogP contribution in [-0.4, -0.2) is 93.7 Å². The summed E-state index contributed by atoms with van der Waals surface area (Å²) in [5.74, 6) is 1.35. The monoisotopic (exact) mass is 554 g/mol. The SMILES string of the molecule is CN=C(NCC1CCCN(C(=O)OC(C)(C)C)C1)N1CCC(OCCCOC)CC1.I. The fourth-order valence-corrected chi connectivity index (χ4v) is 3.98. The number of carbonyl (C=O) groups is 1. The molecule has 2 saturated heterocycles. The van der Waals surface area contributed by atoms with Crippen LogP contribution in [0.1, 0.15) is 52.9 Å². The van der Waals surface area contributed by atoms with Gasteiger partial charge in [0.25, 0.3) is 0 Å². The molecule has 0 aromatic heterocycles. The summed E-state index contributed by atoms with van der Waals surface area (Å²) in [5.41, 5.74) is -0.454. The van der Waals surface area contributed by atoms with Crippen LogP contribution in [0.25, 0.3) is 0 Å². The molecule has 1 N–H and O–H groups in total. The maximum atomic E-state index is 12.4. The molecule has 0 bridgehead atoms. The number of likely N-dealkylation sites (tertiary alicyclic amines) is 2. The topological polar surface area (TPSA) is 75.6 Å². The average Bonchev–Trinajstić information content (AvgIpc) is 2.71. The van der Waals surface area contributed by atoms with Crippen LogP contribution in [0.3, 0.4) is 0 Å². The van der Waals surface area contributed by atoms with Crippen molar-refractivity contribution in [2.45, 2.75) is 64.6 Å². The number of piperidine rings is 2. The quantitative estimate of drug-likeness (QED) is 0.225. The Morgan fingerprint density at radius 3 is 2.42 bits per heavy atom. The molecule has 2 rings (SSSR count). The predicted molar refractivity (Wildman–Crippen MR) is 134 cm³/mol. The van der Waals surface area contributed by atoms with E-state index in [1.807, 2.05) is 32.7 Å². The highest BCUT2D eigenvalue weighted by atomic mass is 127. The standard InChI is InChI=1S/C22H42N4O4.HI/c1-22(2,3)30-21(27)26-11-6-8-18(17-26)16-24-20(23-4)25-12-9-19(10-13-25)29-15-7-14-28-5;/h18-19H,6-17H2,1-5H3,(H,23,24);1H. The molecular weight excluding hydrogens is 511 g/mol. The first-order chi connectivity index (χ1) is 14.3. The number of rotatable bonds is 7. The number of nitrogens with zero attached hydrogens (tertiary/aromatic N) is 3. The number of hydrogen-bond donors (Lipinski definition) is 1. The summed E-state index contributed by atoms with van der Waals surface area (Å²) in [4.78, 5) is 21.0. The van der Waals surface area contributed by atoms with Crippen molar-refractivity contribution < 1.29 is 19.0 Å². The van der Waals surface area contributed by atoms with Crippen LogP contribution < -0.4 is 5.32 Å². The van der Waals surface area contributed by atoms with E-state index in [1.165, 1.54) is 0 Å². The van der Waals surface area contributed by atoms with Gasteiger partial charge in [-0.25, -0.2) is 4.79 Å². The van der Waals surface area contributed by atoms with Crippen LogP contribution in [-0.2, 0) is 14.2 Å². The number of amides is 1. The molecule has 182 valence electrons. The van der Waals surface area contributed by atoms with Gasteiger partial charge in [0.2, 0.25) is 0 Å². The highest BCUT2D eigenvalue weighted by Crippen LogP contribution is 2.19. The Morgan fingerprint density at radius 1 is 1.10 bits per heavy atom. The molecule has 2 aliphatic heterocycles. The number of ether oxygens (including phenoxy) is 3. The van der Waals surface area contributed by atoms with E-state index in [1.54, 1.807) is 7.11 Å². The number of nitrogens with one attached hydrogen (secondary N) is 1. The number of carbonyl (C=O) groups excluding carboxylic acids is 1. The van der Waals surface area contributed by atoms with Gasteiger partial charge < -0.3 is 29.3 Å². The summed E-state index contributed by atoms with van der Waals surface area (Å²) in [6.07, 6.45) is 5.23. The van der Waals surface area contributed by atoms with E-state index in [0.717, 1.165) is 84.0 Å². The highest BCUT2D eigenvalue weighted by Gasteiger charge is 2.28. The molecule has 2 heterocycles. The zero-order valence-corrected chi connectivity index (χ0v) is 22.4. The third-order valence-electron chi connectivity index (χ3n) is 5.52. The van der Waals surface area contributed by atoms with E-state index in [9.17, 15) is 4.79 Å². The lowest BCUT2D eigenvalue weighted by Gasteiger charge is -2.36. The molecule has 0 radical (unpaired) electrons. The summed E-state index contributed by atoms with van der Waals surface area (Å²) in [6, 6.07) is 0. The number of methoxy groups -OCH3 is 1. The number of halogens is 1. The molecule has 9 heteroatoms.